The average Bonchev–Trinajstić information content (AvgIpc) is 2.97. The summed E-state index contributed by atoms with van der Waals surface area (Å²) in [6.07, 6.45) is 0. The lowest BCUT2D eigenvalue weighted by molar-refractivity contribution is -0.384. The van der Waals surface area contributed by atoms with Gasteiger partial charge in [0.25, 0.3) is 11.6 Å². The van der Waals surface area contributed by atoms with E-state index in [2.05, 4.69) is 10.3 Å². The van der Waals surface area contributed by atoms with E-state index in [1.807, 2.05) is 25.1 Å². The topological polar surface area (TPSA) is 87.8 Å². The number of nitro groups is 1. The lowest BCUT2D eigenvalue weighted by atomic mass is 10.1. The van der Waals surface area contributed by atoms with Gasteiger partial charge in [-0.1, -0.05) is 6.07 Å². The number of aliphatic imine (C=N–C) groups is 1. The summed E-state index contributed by atoms with van der Waals surface area (Å²) in [5.41, 5.74) is 2.85. The summed E-state index contributed by atoms with van der Waals surface area (Å²) >= 11 is 0. The Kier molecular flexibility index (Phi) is 3.99. The molecule has 24 heavy (non-hydrogen) atoms. The first-order valence-electron chi connectivity index (χ1n) is 7.36. The summed E-state index contributed by atoms with van der Waals surface area (Å²) in [4.78, 5) is 29.1. The molecule has 122 valence electrons. The molecule has 2 aromatic carbocycles. The minimum absolute atomic E-state index is 0.0211. The highest BCUT2D eigenvalue weighted by atomic mass is 16.6. The first kappa shape index (κ1) is 15.7. The number of fused-ring (bicyclic) bond motifs is 1. The minimum Gasteiger partial charge on any atom is -0.378 e. The molecule has 0 aromatic heterocycles. The van der Waals surface area contributed by atoms with Gasteiger partial charge >= 0.3 is 0 Å². The number of amidine groups is 1. The molecule has 1 aliphatic rings. The molecule has 0 aliphatic carbocycles. The molecule has 0 atom stereocenters. The fraction of sp³-hybridized carbons (Fsp3) is 0.176. The van der Waals surface area contributed by atoms with Crippen LogP contribution in [0.4, 0.5) is 11.4 Å². The average molecular weight is 324 g/mol. The van der Waals surface area contributed by atoms with Gasteiger partial charge in [0.15, 0.2) is 0 Å². The maximum Gasteiger partial charge on any atom is 0.270 e. The molecule has 1 heterocycles. The van der Waals surface area contributed by atoms with Crippen molar-refractivity contribution in [3.05, 3.63) is 69.3 Å². The van der Waals surface area contributed by atoms with Gasteiger partial charge in [-0.05, 0) is 29.8 Å². The molecule has 0 saturated carbocycles. The van der Waals surface area contributed by atoms with Crippen molar-refractivity contribution in [3.8, 4) is 0 Å². The second kappa shape index (κ2) is 6.11. The molecule has 0 unspecified atom stereocenters. The van der Waals surface area contributed by atoms with Crippen LogP contribution in [0.3, 0.4) is 0 Å². The molecule has 0 fully saturated rings. The first-order valence-corrected chi connectivity index (χ1v) is 7.36. The van der Waals surface area contributed by atoms with Crippen LogP contribution in [0.15, 0.2) is 47.5 Å². The van der Waals surface area contributed by atoms with Crippen molar-refractivity contribution in [3.63, 3.8) is 0 Å². The normalized spacial score (nSPS) is 12.3. The summed E-state index contributed by atoms with van der Waals surface area (Å²) < 4.78 is 0. The highest BCUT2D eigenvalue weighted by Gasteiger charge is 2.21. The van der Waals surface area contributed by atoms with Gasteiger partial charge in [0.2, 0.25) is 0 Å². The zero-order chi connectivity index (χ0) is 17.3. The number of carbonyl (C=O) groups excluding carboxylic acids is 1. The van der Waals surface area contributed by atoms with E-state index in [0.29, 0.717) is 23.5 Å². The Morgan fingerprint density at radius 3 is 2.75 bits per heavy atom. The van der Waals surface area contributed by atoms with Crippen molar-refractivity contribution in [1.82, 2.24) is 5.32 Å². The highest BCUT2D eigenvalue weighted by Crippen LogP contribution is 2.23. The van der Waals surface area contributed by atoms with Crippen molar-refractivity contribution in [1.29, 1.82) is 0 Å². The Labute approximate surface area is 138 Å². The lowest BCUT2D eigenvalue weighted by Gasteiger charge is -2.13. The summed E-state index contributed by atoms with van der Waals surface area (Å²) in [6, 6.07) is 11.8. The van der Waals surface area contributed by atoms with Gasteiger partial charge in [0, 0.05) is 43.0 Å². The molecule has 2 aromatic rings. The van der Waals surface area contributed by atoms with Gasteiger partial charge in [0.1, 0.15) is 5.84 Å². The second-order valence-corrected chi connectivity index (χ2v) is 5.66. The van der Waals surface area contributed by atoms with E-state index in [4.69, 9.17) is 0 Å². The Morgan fingerprint density at radius 1 is 1.25 bits per heavy atom. The molecule has 1 amide bonds. The van der Waals surface area contributed by atoms with E-state index in [-0.39, 0.29) is 11.6 Å². The van der Waals surface area contributed by atoms with Gasteiger partial charge in [-0.2, -0.15) is 0 Å². The lowest BCUT2D eigenvalue weighted by Crippen LogP contribution is -2.30. The molecule has 3 rings (SSSR count). The van der Waals surface area contributed by atoms with Crippen LogP contribution in [0.5, 0.6) is 0 Å². The van der Waals surface area contributed by atoms with Crippen LogP contribution in [0.1, 0.15) is 21.5 Å². The SMILES string of the molecule is CN(C)c1cccc(C(=O)NC2=NCc3ccc([N+](=O)[O-])cc32)c1. The third-order valence-corrected chi connectivity index (χ3v) is 3.82. The maximum atomic E-state index is 12.5. The number of benzene rings is 2. The Hall–Kier alpha value is -3.22. The van der Waals surface area contributed by atoms with Crippen LogP contribution in [0.2, 0.25) is 0 Å². The van der Waals surface area contributed by atoms with Crippen molar-refractivity contribution in [2.24, 2.45) is 4.99 Å². The maximum absolute atomic E-state index is 12.5. The van der Waals surface area contributed by atoms with E-state index in [0.717, 1.165) is 11.3 Å². The van der Waals surface area contributed by atoms with Crippen molar-refractivity contribution >= 4 is 23.1 Å². The molecule has 0 spiro atoms. The summed E-state index contributed by atoms with van der Waals surface area (Å²) in [6.45, 7) is 0.403. The monoisotopic (exact) mass is 324 g/mol. The van der Waals surface area contributed by atoms with Crippen LogP contribution < -0.4 is 10.2 Å². The molecular formula is C17H16N4O3. The van der Waals surface area contributed by atoms with E-state index in [1.54, 1.807) is 24.3 Å². The number of amides is 1. The molecule has 0 bridgehead atoms. The molecule has 1 aliphatic heterocycles. The highest BCUT2D eigenvalue weighted by molar-refractivity contribution is 6.14. The van der Waals surface area contributed by atoms with Crippen LogP contribution in [0.25, 0.3) is 0 Å². The predicted octanol–water partition coefficient (Wildman–Crippen LogP) is 2.35. The standard InChI is InChI=1S/C17H16N4O3/c1-20(2)13-5-3-4-11(8-13)17(22)19-16-15-9-14(21(23)24)7-6-12(15)10-18-16/h3-9H,10H2,1-2H3,(H,18,19,22). The predicted molar refractivity (Wildman–Crippen MR) is 91.6 cm³/mol. The van der Waals surface area contributed by atoms with Crippen molar-refractivity contribution in [2.45, 2.75) is 6.54 Å². The zero-order valence-electron chi connectivity index (χ0n) is 13.3. The second-order valence-electron chi connectivity index (χ2n) is 5.66. The Morgan fingerprint density at radius 2 is 2.04 bits per heavy atom. The number of non-ortho nitro benzene ring substituents is 1. The first-order chi connectivity index (χ1) is 11.5. The largest absolute Gasteiger partial charge is 0.378 e. The smallest absolute Gasteiger partial charge is 0.270 e. The van der Waals surface area contributed by atoms with Gasteiger partial charge in [0.05, 0.1) is 11.5 Å². The van der Waals surface area contributed by atoms with Gasteiger partial charge in [-0.25, -0.2) is 0 Å². The van der Waals surface area contributed by atoms with Crippen molar-refractivity contribution < 1.29 is 9.72 Å². The van der Waals surface area contributed by atoms with E-state index in [1.165, 1.54) is 12.1 Å². The van der Waals surface area contributed by atoms with Gasteiger partial charge < -0.3 is 10.2 Å². The number of nitrogens with zero attached hydrogens (tertiary/aromatic N) is 3. The number of nitro benzene ring substituents is 1. The summed E-state index contributed by atoms with van der Waals surface area (Å²) in [5.74, 6) is 0.0748. The number of nitrogens with one attached hydrogen (secondary N) is 1. The number of carbonyl (C=O) groups is 1. The van der Waals surface area contributed by atoms with Crippen molar-refractivity contribution in [2.75, 3.05) is 19.0 Å². The van der Waals surface area contributed by atoms with Crippen LogP contribution in [-0.2, 0) is 6.54 Å². The third-order valence-electron chi connectivity index (χ3n) is 3.82. The summed E-state index contributed by atoms with van der Waals surface area (Å²) in [7, 11) is 3.79. The van der Waals surface area contributed by atoms with E-state index >= 15 is 0 Å². The fourth-order valence-electron chi connectivity index (χ4n) is 2.50. The molecule has 7 nitrogen and oxygen atoms in total. The fourth-order valence-corrected chi connectivity index (χ4v) is 2.50. The summed E-state index contributed by atoms with van der Waals surface area (Å²) in [5, 5.41) is 13.7. The zero-order valence-corrected chi connectivity index (χ0v) is 13.3. The number of anilines is 1. The Balaban J connectivity index is 1.84. The number of rotatable bonds is 3. The van der Waals surface area contributed by atoms with Gasteiger partial charge in [-0.15, -0.1) is 0 Å². The number of hydrogen-bond acceptors (Lipinski definition) is 5. The molecule has 7 heteroatoms. The molecule has 1 N–H and O–H groups in total. The van der Waals surface area contributed by atoms with E-state index < -0.39 is 4.92 Å². The third kappa shape index (κ3) is 2.96. The quantitative estimate of drug-likeness (QED) is 0.693. The van der Waals surface area contributed by atoms with Crippen LogP contribution in [-0.4, -0.2) is 30.8 Å². The van der Waals surface area contributed by atoms with E-state index in [9.17, 15) is 14.9 Å². The minimum atomic E-state index is -0.460. The van der Waals surface area contributed by atoms with Crippen LogP contribution in [0, 0.1) is 10.1 Å². The molecular weight excluding hydrogens is 308 g/mol. The number of hydrogen-bond donors (Lipinski definition) is 1. The van der Waals surface area contributed by atoms with Gasteiger partial charge in [-0.3, -0.25) is 19.9 Å². The molecule has 0 radical (unpaired) electrons. The Bertz CT molecular complexity index is 859. The van der Waals surface area contributed by atoms with Crippen LogP contribution >= 0.6 is 0 Å². The molecule has 0 saturated heterocycles.